The van der Waals surface area contributed by atoms with Gasteiger partial charge in [-0.15, -0.1) is 0 Å². The Kier molecular flexibility index (Phi) is 7.86. The van der Waals surface area contributed by atoms with Crippen molar-refractivity contribution in [3.05, 3.63) is 42.5 Å². The molecule has 0 bridgehead atoms. The van der Waals surface area contributed by atoms with Crippen LogP contribution in [-0.2, 0) is 4.79 Å². The van der Waals surface area contributed by atoms with E-state index in [0.29, 0.717) is 11.5 Å². The number of hydrogen-bond donors (Lipinski definition) is 1. The molecule has 0 aliphatic heterocycles. The average molecular weight is 506 g/mol. The molecule has 1 aromatic heterocycles. The van der Waals surface area contributed by atoms with Crippen LogP contribution >= 0.6 is 0 Å². The summed E-state index contributed by atoms with van der Waals surface area (Å²) in [5, 5.41) is 3.45. The van der Waals surface area contributed by atoms with Gasteiger partial charge in [-0.3, -0.25) is 4.79 Å². The molecule has 2 aromatic carbocycles. The van der Waals surface area contributed by atoms with Crippen molar-refractivity contribution in [2.75, 3.05) is 14.2 Å². The zero-order valence-electron chi connectivity index (χ0n) is 23.6. The summed E-state index contributed by atoms with van der Waals surface area (Å²) in [6.07, 6.45) is 6.46. The number of benzene rings is 2. The van der Waals surface area contributed by atoms with Crippen molar-refractivity contribution in [2.45, 2.75) is 84.7 Å². The van der Waals surface area contributed by atoms with Crippen molar-refractivity contribution in [3.8, 4) is 22.9 Å². The fraction of sp³-hybridized carbons (Fsp3) is 0.548. The molecular weight excluding hydrogens is 462 g/mol. The zero-order chi connectivity index (χ0) is 26.8. The second kappa shape index (κ2) is 10.8. The van der Waals surface area contributed by atoms with Crippen LogP contribution in [0.1, 0.15) is 79.2 Å². The lowest BCUT2D eigenvalue weighted by Crippen LogP contribution is -2.50. The first kappa shape index (κ1) is 27.0. The van der Waals surface area contributed by atoms with E-state index in [0.717, 1.165) is 54.5 Å². The van der Waals surface area contributed by atoms with Crippen molar-refractivity contribution in [1.82, 2.24) is 14.9 Å². The van der Waals surface area contributed by atoms with E-state index in [2.05, 4.69) is 50.6 Å². The minimum atomic E-state index is -0.367. The van der Waals surface area contributed by atoms with E-state index in [4.69, 9.17) is 14.5 Å². The molecule has 1 aliphatic rings. The first-order chi connectivity index (χ1) is 17.5. The second-order valence-corrected chi connectivity index (χ2v) is 12.3. The third-order valence-corrected chi connectivity index (χ3v) is 7.32. The molecule has 200 valence electrons. The summed E-state index contributed by atoms with van der Waals surface area (Å²) in [5.74, 6) is 2.44. The zero-order valence-corrected chi connectivity index (χ0v) is 23.6. The highest BCUT2D eigenvalue weighted by Gasteiger charge is 2.37. The van der Waals surface area contributed by atoms with Crippen LogP contribution in [0.15, 0.2) is 42.5 Å². The normalized spacial score (nSPS) is 16.0. The van der Waals surface area contributed by atoms with Gasteiger partial charge in [-0.25, -0.2) is 4.98 Å². The largest absolute Gasteiger partial charge is 0.497 e. The lowest BCUT2D eigenvalue weighted by atomic mass is 9.80. The van der Waals surface area contributed by atoms with Gasteiger partial charge in [0.1, 0.15) is 23.4 Å². The fourth-order valence-electron chi connectivity index (χ4n) is 6.27. The molecule has 4 rings (SSSR count). The molecule has 0 saturated heterocycles. The van der Waals surface area contributed by atoms with Crippen LogP contribution in [0.5, 0.6) is 11.5 Å². The number of carbonyl (C=O) groups excluding carboxylic acids is 1. The monoisotopic (exact) mass is 505 g/mol. The number of rotatable bonds is 8. The molecule has 6 heteroatoms. The number of hydrogen-bond acceptors (Lipinski definition) is 4. The third kappa shape index (κ3) is 6.11. The highest BCUT2D eigenvalue weighted by Crippen LogP contribution is 2.41. The standard InChI is InChI=1S/C31H43N3O3/c1-30(2,3)20-31(4,5)33-29(35)27(21-13-9-8-10-14-21)34-25-16-12-11-15-24(25)32-28(34)23-18-17-22(36-6)19-26(23)37-7/h11-12,15-19,21,27H,8-10,13-14,20H2,1-7H3,(H,33,35). The molecule has 6 nitrogen and oxygen atoms in total. The van der Waals surface area contributed by atoms with Gasteiger partial charge >= 0.3 is 0 Å². The van der Waals surface area contributed by atoms with Crippen LogP contribution in [0.2, 0.25) is 0 Å². The third-order valence-electron chi connectivity index (χ3n) is 7.32. The predicted molar refractivity (Wildman–Crippen MR) is 150 cm³/mol. The van der Waals surface area contributed by atoms with Gasteiger partial charge in [-0.05, 0) is 68.7 Å². The summed E-state index contributed by atoms with van der Waals surface area (Å²) in [7, 11) is 3.30. The van der Waals surface area contributed by atoms with Gasteiger partial charge in [0.2, 0.25) is 5.91 Å². The minimum Gasteiger partial charge on any atom is -0.497 e. The highest BCUT2D eigenvalue weighted by atomic mass is 16.5. The SMILES string of the molecule is COc1ccc(-c2nc3ccccc3n2C(C(=O)NC(C)(C)CC(C)(C)C)C2CCCCC2)c(OC)c1. The van der Waals surface area contributed by atoms with E-state index in [1.165, 1.54) is 6.42 Å². The summed E-state index contributed by atoms with van der Waals surface area (Å²) in [6.45, 7) is 10.9. The lowest BCUT2D eigenvalue weighted by Gasteiger charge is -2.37. The molecule has 1 aliphatic carbocycles. The molecule has 1 fully saturated rings. The summed E-state index contributed by atoms with van der Waals surface area (Å²) in [4.78, 5) is 19.4. The van der Waals surface area contributed by atoms with Crippen LogP contribution in [-0.4, -0.2) is 35.2 Å². The Hall–Kier alpha value is -3.02. The summed E-state index contributed by atoms with van der Waals surface area (Å²) in [6, 6.07) is 13.5. The number of aromatic nitrogens is 2. The summed E-state index contributed by atoms with van der Waals surface area (Å²) >= 11 is 0. The quantitative estimate of drug-likeness (QED) is 0.352. The number of amides is 1. The molecule has 1 unspecified atom stereocenters. The molecule has 1 heterocycles. The summed E-state index contributed by atoms with van der Waals surface area (Å²) < 4.78 is 13.4. The molecule has 37 heavy (non-hydrogen) atoms. The summed E-state index contributed by atoms with van der Waals surface area (Å²) in [5.41, 5.74) is 2.45. The van der Waals surface area contributed by atoms with E-state index in [1.807, 2.05) is 36.4 Å². The molecular formula is C31H43N3O3. The Bertz CT molecular complexity index is 1230. The van der Waals surface area contributed by atoms with E-state index in [-0.39, 0.29) is 28.8 Å². The maximum Gasteiger partial charge on any atom is 0.243 e. The van der Waals surface area contributed by atoms with Crippen LogP contribution in [0.25, 0.3) is 22.4 Å². The first-order valence-electron chi connectivity index (χ1n) is 13.5. The number of carbonyl (C=O) groups is 1. The van der Waals surface area contributed by atoms with Crippen LogP contribution in [0.4, 0.5) is 0 Å². The number of para-hydroxylation sites is 2. The molecule has 1 saturated carbocycles. The predicted octanol–water partition coefficient (Wildman–Crippen LogP) is 7.17. The smallest absolute Gasteiger partial charge is 0.243 e. The Labute approximate surface area is 221 Å². The molecule has 0 radical (unpaired) electrons. The van der Waals surface area contributed by atoms with Crippen LogP contribution < -0.4 is 14.8 Å². The van der Waals surface area contributed by atoms with Crippen LogP contribution in [0, 0.1) is 11.3 Å². The topological polar surface area (TPSA) is 65.4 Å². The highest BCUT2D eigenvalue weighted by molar-refractivity contribution is 5.88. The second-order valence-electron chi connectivity index (χ2n) is 12.3. The number of ether oxygens (including phenoxy) is 2. The average Bonchev–Trinajstić information content (AvgIpc) is 3.21. The fourth-order valence-corrected chi connectivity index (χ4v) is 6.27. The molecule has 1 atom stereocenters. The van der Waals surface area contributed by atoms with E-state index < -0.39 is 0 Å². The molecule has 1 amide bonds. The Morgan fingerprint density at radius 2 is 1.73 bits per heavy atom. The Morgan fingerprint density at radius 1 is 1.03 bits per heavy atom. The number of fused-ring (bicyclic) bond motifs is 1. The first-order valence-corrected chi connectivity index (χ1v) is 13.5. The minimum absolute atomic E-state index is 0.0676. The van der Waals surface area contributed by atoms with Gasteiger partial charge in [0.15, 0.2) is 0 Å². The molecule has 3 aromatic rings. The van der Waals surface area contributed by atoms with E-state index >= 15 is 0 Å². The van der Waals surface area contributed by atoms with Crippen molar-refractivity contribution in [3.63, 3.8) is 0 Å². The molecule has 0 spiro atoms. The van der Waals surface area contributed by atoms with Gasteiger partial charge in [0.25, 0.3) is 0 Å². The Morgan fingerprint density at radius 3 is 2.38 bits per heavy atom. The van der Waals surface area contributed by atoms with Gasteiger partial charge in [-0.2, -0.15) is 0 Å². The number of nitrogens with zero attached hydrogens (tertiary/aromatic N) is 2. The van der Waals surface area contributed by atoms with Crippen molar-refractivity contribution >= 4 is 16.9 Å². The van der Waals surface area contributed by atoms with Crippen molar-refractivity contribution in [2.24, 2.45) is 11.3 Å². The van der Waals surface area contributed by atoms with Crippen molar-refractivity contribution < 1.29 is 14.3 Å². The van der Waals surface area contributed by atoms with Gasteiger partial charge < -0.3 is 19.4 Å². The number of imidazole rings is 1. The lowest BCUT2D eigenvalue weighted by molar-refractivity contribution is -0.128. The van der Waals surface area contributed by atoms with E-state index in [1.54, 1.807) is 14.2 Å². The molecule has 1 N–H and O–H groups in total. The van der Waals surface area contributed by atoms with Gasteiger partial charge in [0, 0.05) is 11.6 Å². The van der Waals surface area contributed by atoms with Gasteiger partial charge in [0.05, 0.1) is 30.8 Å². The number of nitrogens with one attached hydrogen (secondary N) is 1. The maximum absolute atomic E-state index is 14.3. The van der Waals surface area contributed by atoms with Crippen molar-refractivity contribution in [1.29, 1.82) is 0 Å². The van der Waals surface area contributed by atoms with E-state index in [9.17, 15) is 4.79 Å². The number of methoxy groups -OCH3 is 2. The van der Waals surface area contributed by atoms with Crippen LogP contribution in [0.3, 0.4) is 0 Å². The Balaban J connectivity index is 1.88. The van der Waals surface area contributed by atoms with Gasteiger partial charge in [-0.1, -0.05) is 52.2 Å². The maximum atomic E-state index is 14.3.